The normalized spacial score (nSPS) is 23.9. The van der Waals surface area contributed by atoms with Crippen LogP contribution in [0.25, 0.3) is 11.8 Å². The van der Waals surface area contributed by atoms with Gasteiger partial charge in [-0.25, -0.2) is 17.5 Å². The van der Waals surface area contributed by atoms with Crippen LogP contribution in [0.1, 0.15) is 43.9 Å². The van der Waals surface area contributed by atoms with Crippen LogP contribution in [0, 0.1) is 17.2 Å². The van der Waals surface area contributed by atoms with Crippen LogP contribution in [0.3, 0.4) is 0 Å². The van der Waals surface area contributed by atoms with Crippen molar-refractivity contribution in [3.8, 4) is 5.69 Å². The summed E-state index contributed by atoms with van der Waals surface area (Å²) in [5, 5.41) is 4.11. The average Bonchev–Trinajstić information content (AvgIpc) is 3.47. The summed E-state index contributed by atoms with van der Waals surface area (Å²) >= 11 is 0. The predicted octanol–water partition coefficient (Wildman–Crippen LogP) is 4.83. The van der Waals surface area contributed by atoms with E-state index >= 15 is 0 Å². The summed E-state index contributed by atoms with van der Waals surface area (Å²) in [6.07, 6.45) is 7.31. The Balaban J connectivity index is 1.18. The molecule has 1 saturated carbocycles. The minimum absolute atomic E-state index is 0.135. The number of carbonyl (C=O) groups is 1. The third-order valence-electron chi connectivity index (χ3n) is 8.59. The van der Waals surface area contributed by atoms with E-state index in [1.165, 1.54) is 17.7 Å². The Kier molecular flexibility index (Phi) is 5.82. The molecule has 1 aromatic heterocycles. The van der Waals surface area contributed by atoms with Gasteiger partial charge in [0.1, 0.15) is 5.82 Å². The molecule has 0 radical (unpaired) electrons. The van der Waals surface area contributed by atoms with Gasteiger partial charge in [-0.3, -0.25) is 4.79 Å². The quantitative estimate of drug-likeness (QED) is 0.495. The van der Waals surface area contributed by atoms with Crippen molar-refractivity contribution in [2.75, 3.05) is 13.1 Å². The Bertz CT molecular complexity index is 1470. The first kappa shape index (κ1) is 24.1. The summed E-state index contributed by atoms with van der Waals surface area (Å²) in [6.45, 7) is 3.11. The van der Waals surface area contributed by atoms with E-state index in [-0.39, 0.29) is 23.1 Å². The number of carbonyl (C=O) groups excluding carboxylic acids is 1. The SMILES string of the molecule is C[C@]12Cc3cnn(-c4ccc(F)cc4)c3C=C1CCC2C(=O)N1CCC(S(=O)(=O)c2ccccc2)CC1. The van der Waals surface area contributed by atoms with Gasteiger partial charge >= 0.3 is 0 Å². The van der Waals surface area contributed by atoms with Crippen LogP contribution in [-0.2, 0) is 21.1 Å². The van der Waals surface area contributed by atoms with Crippen LogP contribution in [0.2, 0.25) is 0 Å². The third-order valence-corrected chi connectivity index (χ3v) is 10.9. The Morgan fingerprint density at radius 1 is 1.03 bits per heavy atom. The molecule has 3 aromatic rings. The van der Waals surface area contributed by atoms with Crippen molar-refractivity contribution in [3.63, 3.8) is 0 Å². The van der Waals surface area contributed by atoms with Crippen LogP contribution in [-0.4, -0.2) is 47.3 Å². The fourth-order valence-corrected chi connectivity index (χ4v) is 8.19. The highest BCUT2D eigenvalue weighted by atomic mass is 32.2. The first-order chi connectivity index (χ1) is 17.8. The van der Waals surface area contributed by atoms with Gasteiger partial charge in [-0.15, -0.1) is 0 Å². The van der Waals surface area contributed by atoms with Gasteiger partial charge in [0.2, 0.25) is 5.91 Å². The number of halogens is 1. The summed E-state index contributed by atoms with van der Waals surface area (Å²) in [7, 11) is -3.39. The third kappa shape index (κ3) is 4.02. The lowest BCUT2D eigenvalue weighted by atomic mass is 9.69. The number of amides is 1. The summed E-state index contributed by atoms with van der Waals surface area (Å²) in [6, 6.07) is 14.9. The van der Waals surface area contributed by atoms with E-state index in [0.29, 0.717) is 30.8 Å². The number of piperidine rings is 1. The molecule has 2 aliphatic carbocycles. The van der Waals surface area contributed by atoms with E-state index < -0.39 is 15.1 Å². The summed E-state index contributed by atoms with van der Waals surface area (Å²) in [4.78, 5) is 16.0. The van der Waals surface area contributed by atoms with E-state index in [1.54, 1.807) is 36.4 Å². The molecule has 2 fully saturated rings. The smallest absolute Gasteiger partial charge is 0.226 e. The molecule has 1 saturated heterocycles. The van der Waals surface area contributed by atoms with Crippen molar-refractivity contribution in [1.29, 1.82) is 0 Å². The molecule has 2 heterocycles. The van der Waals surface area contributed by atoms with E-state index in [1.807, 2.05) is 21.8 Å². The monoisotopic (exact) mass is 519 g/mol. The lowest BCUT2D eigenvalue weighted by Gasteiger charge is -2.39. The fraction of sp³-hybridized carbons (Fsp3) is 0.379. The molecule has 0 bridgehead atoms. The maximum atomic E-state index is 13.8. The molecule has 1 amide bonds. The average molecular weight is 520 g/mol. The maximum absolute atomic E-state index is 13.8. The highest BCUT2D eigenvalue weighted by Crippen LogP contribution is 2.53. The second kappa shape index (κ2) is 8.94. The molecule has 3 aliphatic rings. The van der Waals surface area contributed by atoms with E-state index in [9.17, 15) is 17.6 Å². The van der Waals surface area contributed by atoms with Gasteiger partial charge in [0, 0.05) is 24.4 Å². The summed E-state index contributed by atoms with van der Waals surface area (Å²) in [5.41, 5.74) is 3.86. The van der Waals surface area contributed by atoms with Gasteiger partial charge in [-0.1, -0.05) is 30.7 Å². The number of fused-ring (bicyclic) bond motifs is 2. The number of nitrogens with zero attached hydrogens (tertiary/aromatic N) is 3. The molecular formula is C29H30FN3O3S. The van der Waals surface area contributed by atoms with Gasteiger partial charge in [0.05, 0.1) is 27.7 Å². The number of sulfone groups is 1. The Labute approximate surface area is 216 Å². The molecule has 8 heteroatoms. The standard InChI is InChI=1S/C29H30FN3O3S/c1-29-18-20-19-31-33(23-10-8-22(30)9-11-23)27(20)17-21(29)7-12-26(29)28(34)32-15-13-25(14-16-32)37(35,36)24-5-3-2-4-6-24/h2-6,8-11,17,19,25-26H,7,12-16,18H2,1H3/t26?,29-/m0/s1. The first-order valence-corrected chi connectivity index (χ1v) is 14.4. The van der Waals surface area contributed by atoms with Crippen molar-refractivity contribution in [2.24, 2.45) is 11.3 Å². The van der Waals surface area contributed by atoms with Crippen molar-refractivity contribution in [1.82, 2.24) is 14.7 Å². The Hall–Kier alpha value is -3.26. The number of benzene rings is 2. The highest BCUT2D eigenvalue weighted by Gasteiger charge is 2.50. The molecule has 2 aromatic carbocycles. The zero-order chi connectivity index (χ0) is 25.8. The lowest BCUT2D eigenvalue weighted by molar-refractivity contribution is -0.139. The van der Waals surface area contributed by atoms with Crippen LogP contribution in [0.4, 0.5) is 4.39 Å². The number of rotatable bonds is 4. The van der Waals surface area contributed by atoms with Crippen molar-refractivity contribution >= 4 is 21.8 Å². The Morgan fingerprint density at radius 2 is 1.73 bits per heavy atom. The largest absolute Gasteiger partial charge is 0.342 e. The zero-order valence-electron chi connectivity index (χ0n) is 20.8. The topological polar surface area (TPSA) is 72.3 Å². The predicted molar refractivity (Wildman–Crippen MR) is 139 cm³/mol. The maximum Gasteiger partial charge on any atom is 0.226 e. The molecule has 1 aliphatic heterocycles. The second-order valence-electron chi connectivity index (χ2n) is 10.7. The van der Waals surface area contributed by atoms with Crippen LogP contribution in [0.5, 0.6) is 0 Å². The first-order valence-electron chi connectivity index (χ1n) is 12.9. The van der Waals surface area contributed by atoms with E-state index in [2.05, 4.69) is 18.1 Å². The minimum Gasteiger partial charge on any atom is -0.342 e. The number of likely N-dealkylation sites (tertiary alicyclic amines) is 1. The number of aromatic nitrogens is 2. The minimum atomic E-state index is -3.39. The number of hydrogen-bond donors (Lipinski definition) is 0. The highest BCUT2D eigenvalue weighted by molar-refractivity contribution is 7.92. The summed E-state index contributed by atoms with van der Waals surface area (Å²) < 4.78 is 41.4. The number of allylic oxidation sites excluding steroid dienone is 1. The molecule has 6 nitrogen and oxygen atoms in total. The van der Waals surface area contributed by atoms with Crippen molar-refractivity contribution in [2.45, 2.75) is 49.2 Å². The summed E-state index contributed by atoms with van der Waals surface area (Å²) in [5.74, 6) is -0.284. The van der Waals surface area contributed by atoms with Gasteiger partial charge in [-0.05, 0) is 80.1 Å². The molecule has 37 heavy (non-hydrogen) atoms. The van der Waals surface area contributed by atoms with Crippen LogP contribution in [0.15, 0.2) is 71.3 Å². The molecule has 2 atom stereocenters. The van der Waals surface area contributed by atoms with Crippen LogP contribution >= 0.6 is 0 Å². The molecule has 0 N–H and O–H groups in total. The van der Waals surface area contributed by atoms with E-state index in [4.69, 9.17) is 0 Å². The Morgan fingerprint density at radius 3 is 2.43 bits per heavy atom. The zero-order valence-corrected chi connectivity index (χ0v) is 21.6. The fourth-order valence-electron chi connectivity index (χ4n) is 6.44. The van der Waals surface area contributed by atoms with Crippen LogP contribution < -0.4 is 0 Å². The van der Waals surface area contributed by atoms with Gasteiger partial charge < -0.3 is 4.90 Å². The van der Waals surface area contributed by atoms with Crippen molar-refractivity contribution < 1.29 is 17.6 Å². The number of hydrogen-bond acceptors (Lipinski definition) is 4. The van der Waals surface area contributed by atoms with E-state index in [0.717, 1.165) is 36.2 Å². The second-order valence-corrected chi connectivity index (χ2v) is 12.9. The van der Waals surface area contributed by atoms with Gasteiger partial charge in [0.15, 0.2) is 9.84 Å². The molecule has 6 rings (SSSR count). The van der Waals surface area contributed by atoms with Gasteiger partial charge in [-0.2, -0.15) is 5.10 Å². The molecular weight excluding hydrogens is 489 g/mol. The lowest BCUT2D eigenvalue weighted by Crippen LogP contribution is -2.47. The molecule has 192 valence electrons. The molecule has 0 spiro atoms. The molecule has 1 unspecified atom stereocenters. The van der Waals surface area contributed by atoms with Crippen molar-refractivity contribution in [3.05, 3.63) is 83.4 Å². The van der Waals surface area contributed by atoms with Gasteiger partial charge in [0.25, 0.3) is 0 Å².